The van der Waals surface area contributed by atoms with Gasteiger partial charge in [0.2, 0.25) is 0 Å². The summed E-state index contributed by atoms with van der Waals surface area (Å²) in [6, 6.07) is 5.09. The summed E-state index contributed by atoms with van der Waals surface area (Å²) in [4.78, 5) is 0. The number of hydrazine groups is 1. The number of piperidine rings is 1. The lowest BCUT2D eigenvalue weighted by Crippen LogP contribution is -2.43. The fourth-order valence-corrected chi connectivity index (χ4v) is 2.59. The van der Waals surface area contributed by atoms with Crippen LogP contribution in [0.3, 0.4) is 0 Å². The van der Waals surface area contributed by atoms with Crippen molar-refractivity contribution in [3.63, 3.8) is 0 Å². The van der Waals surface area contributed by atoms with E-state index in [2.05, 4.69) is 26.4 Å². The molecule has 1 aliphatic heterocycles. The number of nitrogens with one attached hydrogen (secondary N) is 1. The zero-order chi connectivity index (χ0) is 12.3. The van der Waals surface area contributed by atoms with Crippen LogP contribution in [0.2, 0.25) is 0 Å². The van der Waals surface area contributed by atoms with Crippen molar-refractivity contribution in [3.8, 4) is 0 Å². The molecule has 94 valence electrons. The van der Waals surface area contributed by atoms with E-state index < -0.39 is 0 Å². The highest BCUT2D eigenvalue weighted by Crippen LogP contribution is 2.22. The van der Waals surface area contributed by atoms with E-state index in [1.54, 1.807) is 6.07 Å². The van der Waals surface area contributed by atoms with Crippen molar-refractivity contribution in [2.45, 2.75) is 32.2 Å². The molecule has 1 aliphatic rings. The van der Waals surface area contributed by atoms with Crippen molar-refractivity contribution in [2.75, 3.05) is 13.1 Å². The molecule has 0 bridgehead atoms. The molecule has 1 heterocycles. The number of nitrogens with zero attached hydrogens (tertiary/aromatic N) is 1. The van der Waals surface area contributed by atoms with Gasteiger partial charge in [0.1, 0.15) is 5.82 Å². The van der Waals surface area contributed by atoms with Crippen LogP contribution in [0.1, 0.15) is 37.8 Å². The summed E-state index contributed by atoms with van der Waals surface area (Å²) in [5, 5.41) is 2.20. The lowest BCUT2D eigenvalue weighted by molar-refractivity contribution is 0.132. The molecule has 0 saturated carbocycles. The Labute approximate surface area is 110 Å². The Bertz CT molecular complexity index is 378. The SMILES string of the molecule is CC(NN1CCCCC1)c1cc(Br)ccc1F. The molecule has 4 heteroatoms. The highest BCUT2D eigenvalue weighted by atomic mass is 79.9. The predicted molar refractivity (Wildman–Crippen MR) is 71.1 cm³/mol. The zero-order valence-electron chi connectivity index (χ0n) is 10.0. The van der Waals surface area contributed by atoms with Gasteiger partial charge in [0, 0.05) is 29.2 Å². The normalized spacial score (nSPS) is 19.2. The molecule has 1 N–H and O–H groups in total. The molecule has 1 aromatic carbocycles. The van der Waals surface area contributed by atoms with Crippen LogP contribution in [0.15, 0.2) is 22.7 Å². The van der Waals surface area contributed by atoms with Crippen molar-refractivity contribution in [3.05, 3.63) is 34.1 Å². The minimum absolute atomic E-state index is 0.00519. The van der Waals surface area contributed by atoms with Gasteiger partial charge in [0.05, 0.1) is 0 Å². The number of hydrogen-bond donors (Lipinski definition) is 1. The van der Waals surface area contributed by atoms with Gasteiger partial charge in [-0.25, -0.2) is 14.8 Å². The Morgan fingerprint density at radius 3 is 2.71 bits per heavy atom. The number of halogens is 2. The van der Waals surface area contributed by atoms with Gasteiger partial charge in [-0.1, -0.05) is 22.4 Å². The van der Waals surface area contributed by atoms with Crippen molar-refractivity contribution in [2.24, 2.45) is 0 Å². The molecule has 1 atom stereocenters. The van der Waals surface area contributed by atoms with Gasteiger partial charge in [-0.15, -0.1) is 0 Å². The topological polar surface area (TPSA) is 15.3 Å². The number of rotatable bonds is 3. The van der Waals surface area contributed by atoms with E-state index in [-0.39, 0.29) is 11.9 Å². The first-order valence-corrected chi connectivity index (χ1v) is 6.92. The van der Waals surface area contributed by atoms with Gasteiger partial charge < -0.3 is 0 Å². The largest absolute Gasteiger partial charge is 0.248 e. The fraction of sp³-hybridized carbons (Fsp3) is 0.538. The molecule has 0 spiro atoms. The van der Waals surface area contributed by atoms with Crippen LogP contribution in [0.4, 0.5) is 4.39 Å². The molecule has 0 amide bonds. The summed E-state index contributed by atoms with van der Waals surface area (Å²) < 4.78 is 14.6. The van der Waals surface area contributed by atoms with Crippen LogP contribution in [-0.2, 0) is 0 Å². The van der Waals surface area contributed by atoms with Crippen molar-refractivity contribution in [1.29, 1.82) is 0 Å². The summed E-state index contributed by atoms with van der Waals surface area (Å²) >= 11 is 3.38. The summed E-state index contributed by atoms with van der Waals surface area (Å²) in [5.74, 6) is -0.148. The molecule has 1 fully saturated rings. The Morgan fingerprint density at radius 1 is 1.29 bits per heavy atom. The van der Waals surface area contributed by atoms with Crippen molar-refractivity contribution >= 4 is 15.9 Å². The summed E-state index contributed by atoms with van der Waals surface area (Å²) in [5.41, 5.74) is 4.09. The van der Waals surface area contributed by atoms with E-state index in [0.717, 1.165) is 17.6 Å². The van der Waals surface area contributed by atoms with E-state index in [1.807, 2.05) is 13.0 Å². The maximum Gasteiger partial charge on any atom is 0.128 e. The van der Waals surface area contributed by atoms with Crippen LogP contribution < -0.4 is 5.43 Å². The van der Waals surface area contributed by atoms with Crippen LogP contribution in [0.25, 0.3) is 0 Å². The van der Waals surface area contributed by atoms with E-state index in [0.29, 0.717) is 5.56 Å². The number of hydrogen-bond acceptors (Lipinski definition) is 2. The predicted octanol–water partition coefficient (Wildman–Crippen LogP) is 3.64. The molecule has 1 unspecified atom stereocenters. The maximum absolute atomic E-state index is 13.7. The van der Waals surface area contributed by atoms with Gasteiger partial charge in [-0.3, -0.25) is 0 Å². The van der Waals surface area contributed by atoms with Crippen LogP contribution in [0, 0.1) is 5.82 Å². The van der Waals surface area contributed by atoms with Gasteiger partial charge >= 0.3 is 0 Å². The molecule has 2 rings (SSSR count). The third-order valence-electron chi connectivity index (χ3n) is 3.16. The van der Waals surface area contributed by atoms with Crippen LogP contribution in [-0.4, -0.2) is 18.1 Å². The standard InChI is InChI=1S/C13H18BrFN2/c1-10(16-17-7-3-2-4-8-17)12-9-11(14)5-6-13(12)15/h5-6,9-10,16H,2-4,7-8H2,1H3. The second-order valence-corrected chi connectivity index (χ2v) is 5.48. The Hall–Kier alpha value is -0.450. The molecule has 2 nitrogen and oxygen atoms in total. The summed E-state index contributed by atoms with van der Waals surface area (Å²) in [7, 11) is 0. The zero-order valence-corrected chi connectivity index (χ0v) is 11.6. The van der Waals surface area contributed by atoms with Crippen molar-refractivity contribution < 1.29 is 4.39 Å². The molecule has 1 saturated heterocycles. The minimum atomic E-state index is -0.148. The Kier molecular flexibility index (Phi) is 4.54. The van der Waals surface area contributed by atoms with Crippen LogP contribution in [0.5, 0.6) is 0 Å². The first-order chi connectivity index (χ1) is 8.16. The van der Waals surface area contributed by atoms with E-state index in [1.165, 1.54) is 25.3 Å². The minimum Gasteiger partial charge on any atom is -0.248 e. The average Bonchev–Trinajstić information content (AvgIpc) is 2.33. The van der Waals surface area contributed by atoms with E-state index in [9.17, 15) is 4.39 Å². The molecule has 1 aromatic rings. The molecular weight excluding hydrogens is 283 g/mol. The van der Waals surface area contributed by atoms with Crippen molar-refractivity contribution in [1.82, 2.24) is 10.4 Å². The highest BCUT2D eigenvalue weighted by molar-refractivity contribution is 9.10. The van der Waals surface area contributed by atoms with Gasteiger partial charge in [-0.2, -0.15) is 0 Å². The average molecular weight is 301 g/mol. The second-order valence-electron chi connectivity index (χ2n) is 4.56. The first kappa shape index (κ1) is 13.0. The molecule has 17 heavy (non-hydrogen) atoms. The molecule has 0 aromatic heterocycles. The second kappa shape index (κ2) is 5.94. The number of benzene rings is 1. The lowest BCUT2D eigenvalue weighted by Gasteiger charge is -2.30. The summed E-state index contributed by atoms with van der Waals surface area (Å²) in [6.45, 7) is 4.11. The first-order valence-electron chi connectivity index (χ1n) is 6.13. The third-order valence-corrected chi connectivity index (χ3v) is 3.65. The van der Waals surface area contributed by atoms with E-state index >= 15 is 0 Å². The van der Waals surface area contributed by atoms with E-state index in [4.69, 9.17) is 0 Å². The van der Waals surface area contributed by atoms with Gasteiger partial charge in [0.15, 0.2) is 0 Å². The monoisotopic (exact) mass is 300 g/mol. The lowest BCUT2D eigenvalue weighted by atomic mass is 10.1. The maximum atomic E-state index is 13.7. The molecular formula is C13H18BrFN2. The summed E-state index contributed by atoms with van der Waals surface area (Å²) in [6.07, 6.45) is 3.75. The Morgan fingerprint density at radius 2 is 2.00 bits per heavy atom. The van der Waals surface area contributed by atoms with Gasteiger partial charge in [-0.05, 0) is 38.0 Å². The third kappa shape index (κ3) is 3.50. The fourth-order valence-electron chi connectivity index (χ4n) is 2.21. The molecule has 0 aliphatic carbocycles. The smallest absolute Gasteiger partial charge is 0.128 e. The highest BCUT2D eigenvalue weighted by Gasteiger charge is 2.16. The van der Waals surface area contributed by atoms with Crippen LogP contribution >= 0.6 is 15.9 Å². The Balaban J connectivity index is 2.02. The van der Waals surface area contributed by atoms with Gasteiger partial charge in [0.25, 0.3) is 0 Å². The molecule has 0 radical (unpaired) electrons. The quantitative estimate of drug-likeness (QED) is 0.917.